The summed E-state index contributed by atoms with van der Waals surface area (Å²) in [6.45, 7) is 6.85. The first-order valence-electron chi connectivity index (χ1n) is 6.78. The maximum atomic E-state index is 3.81. The largest absolute Gasteiger partial charge is 0.381 e. The van der Waals surface area contributed by atoms with Gasteiger partial charge in [-0.3, -0.25) is 0 Å². The van der Waals surface area contributed by atoms with Crippen LogP contribution in [-0.4, -0.2) is 0 Å². The lowest BCUT2D eigenvalue weighted by Gasteiger charge is -2.14. The molecule has 0 fully saturated rings. The lowest BCUT2D eigenvalue weighted by Crippen LogP contribution is -2.03. The molecule has 1 heteroatoms. The van der Waals surface area contributed by atoms with Crippen molar-refractivity contribution < 1.29 is 0 Å². The van der Waals surface area contributed by atoms with Crippen LogP contribution in [0.25, 0.3) is 0 Å². The molecule has 0 aliphatic rings. The third kappa shape index (κ3) is 3.72. The highest BCUT2D eigenvalue weighted by atomic mass is 14.9. The van der Waals surface area contributed by atoms with Crippen molar-refractivity contribution in [3.63, 3.8) is 0 Å². The molecule has 1 N–H and O–H groups in total. The molecular weight excluding hydrogens is 230 g/mol. The molecule has 0 radical (unpaired) electrons. The number of anilines is 1. The number of benzene rings is 2. The first-order valence-corrected chi connectivity index (χ1v) is 6.78. The maximum absolute atomic E-state index is 3.81. The van der Waals surface area contributed by atoms with Crippen molar-refractivity contribution in [3.8, 4) is 0 Å². The van der Waals surface area contributed by atoms with E-state index in [1.54, 1.807) is 0 Å². The fourth-order valence-corrected chi connectivity index (χ4v) is 2.24. The predicted octanol–water partition coefficient (Wildman–Crippen LogP) is 4.73. The van der Waals surface area contributed by atoms with E-state index >= 15 is 0 Å². The van der Waals surface area contributed by atoms with Crippen LogP contribution >= 0.6 is 0 Å². The van der Waals surface area contributed by atoms with Crippen molar-refractivity contribution in [1.29, 1.82) is 0 Å². The Morgan fingerprint density at radius 3 is 2.58 bits per heavy atom. The normalized spacial score (nSPS) is 10.2. The van der Waals surface area contributed by atoms with Gasteiger partial charge in [0, 0.05) is 12.2 Å². The summed E-state index contributed by atoms with van der Waals surface area (Å²) in [5.74, 6) is 0. The number of aryl methyl sites for hydroxylation is 1. The minimum absolute atomic E-state index is 0.866. The van der Waals surface area contributed by atoms with Gasteiger partial charge < -0.3 is 5.32 Å². The Kier molecular flexibility index (Phi) is 4.79. The quantitative estimate of drug-likeness (QED) is 0.732. The summed E-state index contributed by atoms with van der Waals surface area (Å²) in [6, 6.07) is 16.9. The van der Waals surface area contributed by atoms with Gasteiger partial charge in [0.15, 0.2) is 0 Å². The molecule has 0 aromatic heterocycles. The molecule has 0 saturated carbocycles. The van der Waals surface area contributed by atoms with Gasteiger partial charge in [-0.1, -0.05) is 48.5 Å². The lowest BCUT2D eigenvalue weighted by molar-refractivity contribution is 0.982. The average molecular weight is 251 g/mol. The van der Waals surface area contributed by atoms with E-state index in [4.69, 9.17) is 0 Å². The minimum atomic E-state index is 0.866. The van der Waals surface area contributed by atoms with E-state index < -0.39 is 0 Å². The molecule has 19 heavy (non-hydrogen) atoms. The number of hydrogen-bond donors (Lipinski definition) is 1. The van der Waals surface area contributed by atoms with Gasteiger partial charge in [-0.15, -0.1) is 6.58 Å². The zero-order chi connectivity index (χ0) is 13.5. The molecule has 0 heterocycles. The second-order valence-electron chi connectivity index (χ2n) is 4.77. The Hall–Kier alpha value is -2.02. The van der Waals surface area contributed by atoms with Crippen molar-refractivity contribution in [2.45, 2.75) is 26.3 Å². The van der Waals surface area contributed by atoms with Gasteiger partial charge in [0.2, 0.25) is 0 Å². The smallest absolute Gasteiger partial charge is 0.0400 e. The fraction of sp³-hybridized carbons (Fsp3) is 0.222. The van der Waals surface area contributed by atoms with E-state index in [0.29, 0.717) is 0 Å². The van der Waals surface area contributed by atoms with Crippen LogP contribution in [0.15, 0.2) is 61.2 Å². The number of rotatable bonds is 6. The summed E-state index contributed by atoms with van der Waals surface area (Å²) >= 11 is 0. The van der Waals surface area contributed by atoms with E-state index in [9.17, 15) is 0 Å². The first kappa shape index (κ1) is 13.4. The summed E-state index contributed by atoms with van der Waals surface area (Å²) in [6.07, 6.45) is 4.05. The number of hydrogen-bond acceptors (Lipinski definition) is 1. The Labute approximate surface area is 116 Å². The first-order chi connectivity index (χ1) is 9.31. The van der Waals surface area contributed by atoms with Crippen molar-refractivity contribution in [3.05, 3.63) is 77.9 Å². The van der Waals surface area contributed by atoms with Gasteiger partial charge in [0.25, 0.3) is 0 Å². The molecule has 98 valence electrons. The summed E-state index contributed by atoms with van der Waals surface area (Å²) in [7, 11) is 0. The van der Waals surface area contributed by atoms with Gasteiger partial charge >= 0.3 is 0 Å². The van der Waals surface area contributed by atoms with Gasteiger partial charge in [-0.05, 0) is 42.5 Å². The van der Waals surface area contributed by atoms with Crippen molar-refractivity contribution >= 4 is 5.69 Å². The summed E-state index contributed by atoms with van der Waals surface area (Å²) in [5, 5.41) is 3.54. The molecule has 0 atom stereocenters. The highest BCUT2D eigenvalue weighted by Gasteiger charge is 2.04. The van der Waals surface area contributed by atoms with Crippen LogP contribution in [0.5, 0.6) is 0 Å². The van der Waals surface area contributed by atoms with Crippen LogP contribution in [0.1, 0.15) is 23.1 Å². The van der Waals surface area contributed by atoms with E-state index in [1.165, 1.54) is 22.4 Å². The standard InChI is InChI=1S/C18H21N/c1-3-4-12-17-15(2)9-8-13-18(17)19-14-16-10-6-5-7-11-16/h3,5-11,13,19H,1,4,12,14H2,2H3. The molecule has 0 aliphatic heterocycles. The molecule has 2 aromatic carbocycles. The fourth-order valence-electron chi connectivity index (χ4n) is 2.24. The molecule has 0 spiro atoms. The van der Waals surface area contributed by atoms with Crippen LogP contribution < -0.4 is 5.32 Å². The zero-order valence-corrected chi connectivity index (χ0v) is 11.5. The Balaban J connectivity index is 2.11. The van der Waals surface area contributed by atoms with Crippen LogP contribution in [0.2, 0.25) is 0 Å². The monoisotopic (exact) mass is 251 g/mol. The van der Waals surface area contributed by atoms with Crippen LogP contribution in [0.4, 0.5) is 5.69 Å². The van der Waals surface area contributed by atoms with Crippen molar-refractivity contribution in [2.24, 2.45) is 0 Å². The van der Waals surface area contributed by atoms with E-state index in [2.05, 4.69) is 61.3 Å². The summed E-state index contributed by atoms with van der Waals surface area (Å²) < 4.78 is 0. The van der Waals surface area contributed by atoms with Gasteiger partial charge in [-0.25, -0.2) is 0 Å². The number of allylic oxidation sites excluding steroid dienone is 1. The molecular formula is C18H21N. The minimum Gasteiger partial charge on any atom is -0.381 e. The molecule has 1 nitrogen and oxygen atoms in total. The van der Waals surface area contributed by atoms with E-state index in [1.807, 2.05) is 12.1 Å². The van der Waals surface area contributed by atoms with Crippen LogP contribution in [0, 0.1) is 6.92 Å². The molecule has 0 bridgehead atoms. The highest BCUT2D eigenvalue weighted by molar-refractivity contribution is 5.55. The van der Waals surface area contributed by atoms with Gasteiger partial charge in [-0.2, -0.15) is 0 Å². The highest BCUT2D eigenvalue weighted by Crippen LogP contribution is 2.22. The molecule has 2 rings (SSSR count). The average Bonchev–Trinajstić information content (AvgIpc) is 2.45. The molecule has 0 amide bonds. The SMILES string of the molecule is C=CCCc1c(C)cccc1NCc1ccccc1. The molecule has 2 aromatic rings. The maximum Gasteiger partial charge on any atom is 0.0400 e. The van der Waals surface area contributed by atoms with E-state index in [-0.39, 0.29) is 0 Å². The molecule has 0 saturated heterocycles. The van der Waals surface area contributed by atoms with E-state index in [0.717, 1.165) is 19.4 Å². The predicted molar refractivity (Wildman–Crippen MR) is 83.5 cm³/mol. The third-order valence-electron chi connectivity index (χ3n) is 3.33. The molecule has 0 unspecified atom stereocenters. The van der Waals surface area contributed by atoms with Crippen molar-refractivity contribution in [2.75, 3.05) is 5.32 Å². The third-order valence-corrected chi connectivity index (χ3v) is 3.33. The summed E-state index contributed by atoms with van der Waals surface area (Å²) in [5.41, 5.74) is 5.29. The van der Waals surface area contributed by atoms with Crippen molar-refractivity contribution in [1.82, 2.24) is 0 Å². The second kappa shape index (κ2) is 6.79. The number of nitrogens with one attached hydrogen (secondary N) is 1. The lowest BCUT2D eigenvalue weighted by atomic mass is 10.0. The Morgan fingerprint density at radius 2 is 1.84 bits per heavy atom. The van der Waals surface area contributed by atoms with Crippen LogP contribution in [0.3, 0.4) is 0 Å². The Bertz CT molecular complexity index is 529. The second-order valence-corrected chi connectivity index (χ2v) is 4.77. The van der Waals surface area contributed by atoms with Gasteiger partial charge in [0.1, 0.15) is 0 Å². The molecule has 0 aliphatic carbocycles. The topological polar surface area (TPSA) is 12.0 Å². The zero-order valence-electron chi connectivity index (χ0n) is 11.5. The summed E-state index contributed by atoms with van der Waals surface area (Å²) in [4.78, 5) is 0. The van der Waals surface area contributed by atoms with Gasteiger partial charge in [0.05, 0.1) is 0 Å². The van der Waals surface area contributed by atoms with Crippen LogP contribution in [-0.2, 0) is 13.0 Å². The Morgan fingerprint density at radius 1 is 1.05 bits per heavy atom.